The van der Waals surface area contributed by atoms with E-state index in [1.54, 1.807) is 24.4 Å². The summed E-state index contributed by atoms with van der Waals surface area (Å²) in [6, 6.07) is 20.7. The topological polar surface area (TPSA) is 75.2 Å². The van der Waals surface area contributed by atoms with Crippen LogP contribution >= 0.6 is 0 Å². The largest absolute Gasteiger partial charge is 0.508 e. The zero-order chi connectivity index (χ0) is 21.8. The molecule has 0 aliphatic heterocycles. The summed E-state index contributed by atoms with van der Waals surface area (Å²) >= 11 is 0. The number of nitrogens with one attached hydrogen (secondary N) is 1. The van der Waals surface area contributed by atoms with Crippen molar-refractivity contribution in [1.29, 1.82) is 0 Å². The number of para-hydroxylation sites is 1. The minimum atomic E-state index is -0.514. The van der Waals surface area contributed by atoms with E-state index in [9.17, 15) is 9.90 Å². The van der Waals surface area contributed by atoms with Crippen LogP contribution in [0.1, 0.15) is 30.0 Å². The molecule has 0 fully saturated rings. The lowest BCUT2D eigenvalue weighted by Crippen LogP contribution is -2.06. The number of phenolic OH excluding ortho intramolecular Hbond substituents is 1. The maximum absolute atomic E-state index is 12.0. The molecule has 0 aliphatic rings. The molecule has 0 bridgehead atoms. The third-order valence-corrected chi connectivity index (χ3v) is 5.13. The molecule has 1 heterocycles. The van der Waals surface area contributed by atoms with Crippen molar-refractivity contribution in [2.45, 2.75) is 13.3 Å². The molecular formula is C26H22N2O3. The molecule has 31 heavy (non-hydrogen) atoms. The number of nitrogens with zero attached hydrogens (tertiary/aromatic N) is 1. The van der Waals surface area contributed by atoms with Crippen molar-refractivity contribution in [3.8, 4) is 11.5 Å². The first kappa shape index (κ1) is 20.2. The van der Waals surface area contributed by atoms with Crippen molar-refractivity contribution in [3.63, 3.8) is 0 Å². The van der Waals surface area contributed by atoms with E-state index in [0.717, 1.165) is 51.2 Å². The number of ether oxygens (including phenoxy) is 1. The SMILES string of the molecule is C=CC(=O)Oc1ccccc1/C(=C(\CC)c1ccc(O)cc1)c1ccc2[nH]ncc2c1. The summed E-state index contributed by atoms with van der Waals surface area (Å²) in [6.07, 6.45) is 3.66. The molecule has 5 nitrogen and oxygen atoms in total. The normalized spacial score (nSPS) is 11.8. The first-order chi connectivity index (χ1) is 15.1. The van der Waals surface area contributed by atoms with Crippen LogP contribution in [0, 0.1) is 0 Å². The van der Waals surface area contributed by atoms with Gasteiger partial charge in [-0.2, -0.15) is 5.10 Å². The van der Waals surface area contributed by atoms with Crippen LogP contribution in [-0.2, 0) is 4.79 Å². The number of hydrogen-bond acceptors (Lipinski definition) is 4. The van der Waals surface area contributed by atoms with Crippen LogP contribution in [0.5, 0.6) is 11.5 Å². The van der Waals surface area contributed by atoms with Gasteiger partial charge < -0.3 is 9.84 Å². The lowest BCUT2D eigenvalue weighted by atomic mass is 9.87. The number of carbonyl (C=O) groups is 1. The monoisotopic (exact) mass is 410 g/mol. The average molecular weight is 410 g/mol. The van der Waals surface area contributed by atoms with Gasteiger partial charge in [-0.1, -0.05) is 49.9 Å². The third-order valence-electron chi connectivity index (χ3n) is 5.13. The molecule has 0 radical (unpaired) electrons. The van der Waals surface area contributed by atoms with Crippen molar-refractivity contribution in [3.05, 3.63) is 102 Å². The first-order valence-corrected chi connectivity index (χ1v) is 10.0. The minimum absolute atomic E-state index is 0.209. The number of fused-ring (bicyclic) bond motifs is 1. The summed E-state index contributed by atoms with van der Waals surface area (Å²) in [5.41, 5.74) is 5.70. The Morgan fingerprint density at radius 3 is 2.58 bits per heavy atom. The minimum Gasteiger partial charge on any atom is -0.508 e. The number of allylic oxidation sites excluding steroid dienone is 1. The zero-order valence-corrected chi connectivity index (χ0v) is 17.1. The van der Waals surface area contributed by atoms with E-state index in [2.05, 4.69) is 29.8 Å². The van der Waals surface area contributed by atoms with Gasteiger partial charge in [0.25, 0.3) is 0 Å². The fourth-order valence-electron chi connectivity index (χ4n) is 3.69. The Kier molecular flexibility index (Phi) is 5.67. The molecule has 0 spiro atoms. The number of rotatable bonds is 6. The maximum Gasteiger partial charge on any atom is 0.335 e. The van der Waals surface area contributed by atoms with E-state index in [1.807, 2.05) is 42.5 Å². The van der Waals surface area contributed by atoms with Crippen molar-refractivity contribution >= 4 is 28.0 Å². The number of aromatic nitrogens is 2. The molecule has 3 aromatic carbocycles. The number of carbonyl (C=O) groups excluding carboxylic acids is 1. The van der Waals surface area contributed by atoms with Gasteiger partial charge in [-0.25, -0.2) is 4.79 Å². The van der Waals surface area contributed by atoms with Crippen LogP contribution in [0.15, 0.2) is 85.6 Å². The van der Waals surface area contributed by atoms with Gasteiger partial charge in [0, 0.05) is 17.0 Å². The first-order valence-electron chi connectivity index (χ1n) is 10.0. The van der Waals surface area contributed by atoms with Gasteiger partial charge in [0.05, 0.1) is 11.7 Å². The van der Waals surface area contributed by atoms with E-state index >= 15 is 0 Å². The molecule has 0 aliphatic carbocycles. The van der Waals surface area contributed by atoms with Crippen LogP contribution in [0.4, 0.5) is 0 Å². The highest BCUT2D eigenvalue weighted by Crippen LogP contribution is 2.39. The zero-order valence-electron chi connectivity index (χ0n) is 17.1. The molecule has 0 unspecified atom stereocenters. The molecule has 4 rings (SSSR count). The molecule has 0 saturated heterocycles. The Morgan fingerprint density at radius 2 is 1.84 bits per heavy atom. The second-order valence-electron chi connectivity index (χ2n) is 7.05. The van der Waals surface area contributed by atoms with Gasteiger partial charge in [-0.15, -0.1) is 0 Å². The van der Waals surface area contributed by atoms with Crippen molar-refractivity contribution < 1.29 is 14.6 Å². The van der Waals surface area contributed by atoms with Crippen LogP contribution in [-0.4, -0.2) is 21.3 Å². The van der Waals surface area contributed by atoms with Gasteiger partial charge in [-0.05, 0) is 59.0 Å². The van der Waals surface area contributed by atoms with Crippen molar-refractivity contribution in [1.82, 2.24) is 10.2 Å². The number of H-pyrrole nitrogens is 1. The Morgan fingerprint density at radius 1 is 1.10 bits per heavy atom. The van der Waals surface area contributed by atoms with E-state index in [-0.39, 0.29) is 5.75 Å². The highest BCUT2D eigenvalue weighted by atomic mass is 16.5. The van der Waals surface area contributed by atoms with Gasteiger partial charge in [-0.3, -0.25) is 5.10 Å². The summed E-state index contributed by atoms with van der Waals surface area (Å²) in [5, 5.41) is 17.8. The molecule has 0 amide bonds. The molecule has 1 aromatic heterocycles. The molecule has 154 valence electrons. The van der Waals surface area contributed by atoms with E-state index in [1.165, 1.54) is 0 Å². The van der Waals surface area contributed by atoms with E-state index < -0.39 is 5.97 Å². The number of phenols is 1. The predicted molar refractivity (Wildman–Crippen MR) is 123 cm³/mol. The van der Waals surface area contributed by atoms with Crippen LogP contribution in [0.25, 0.3) is 22.0 Å². The van der Waals surface area contributed by atoms with E-state index in [0.29, 0.717) is 5.75 Å². The molecular weight excluding hydrogens is 388 g/mol. The second kappa shape index (κ2) is 8.71. The summed E-state index contributed by atoms with van der Waals surface area (Å²) in [4.78, 5) is 12.0. The number of aromatic hydroxyl groups is 1. The van der Waals surface area contributed by atoms with Gasteiger partial charge in [0.2, 0.25) is 0 Å². The number of esters is 1. The highest BCUT2D eigenvalue weighted by Gasteiger charge is 2.18. The fourth-order valence-corrected chi connectivity index (χ4v) is 3.69. The molecule has 4 aromatic rings. The lowest BCUT2D eigenvalue weighted by Gasteiger charge is -2.19. The fraction of sp³-hybridized carbons (Fsp3) is 0.0769. The standard InChI is InChI=1S/C26H22N2O3/c1-3-21(17-9-12-20(29)13-10-17)26(18-11-14-23-19(15-18)16-27-28-23)22-7-5-6-8-24(22)31-25(30)4-2/h4-16,29H,2-3H2,1H3,(H,27,28)/b26-21+. The Hall–Kier alpha value is -4.12. The van der Waals surface area contributed by atoms with Gasteiger partial charge >= 0.3 is 5.97 Å². The lowest BCUT2D eigenvalue weighted by molar-refractivity contribution is -0.128. The van der Waals surface area contributed by atoms with Crippen molar-refractivity contribution in [2.75, 3.05) is 0 Å². The number of aromatic amines is 1. The molecule has 0 atom stereocenters. The second-order valence-corrected chi connectivity index (χ2v) is 7.05. The summed E-state index contributed by atoms with van der Waals surface area (Å²) in [6.45, 7) is 5.58. The summed E-state index contributed by atoms with van der Waals surface area (Å²) in [7, 11) is 0. The molecule has 5 heteroatoms. The summed E-state index contributed by atoms with van der Waals surface area (Å²) < 4.78 is 5.57. The van der Waals surface area contributed by atoms with Crippen molar-refractivity contribution in [2.24, 2.45) is 0 Å². The van der Waals surface area contributed by atoms with Gasteiger partial charge in [0.15, 0.2) is 0 Å². The third kappa shape index (κ3) is 4.12. The summed E-state index contributed by atoms with van der Waals surface area (Å²) in [5.74, 6) is 0.153. The Labute approximate surface area is 180 Å². The highest BCUT2D eigenvalue weighted by molar-refractivity contribution is 6.02. The van der Waals surface area contributed by atoms with Gasteiger partial charge in [0.1, 0.15) is 11.5 Å². The van der Waals surface area contributed by atoms with Crippen LogP contribution in [0.2, 0.25) is 0 Å². The smallest absolute Gasteiger partial charge is 0.335 e. The predicted octanol–water partition coefficient (Wildman–Crippen LogP) is 5.73. The quantitative estimate of drug-likeness (QED) is 0.184. The number of hydrogen-bond donors (Lipinski definition) is 2. The number of benzene rings is 3. The average Bonchev–Trinajstić information content (AvgIpc) is 3.26. The van der Waals surface area contributed by atoms with E-state index in [4.69, 9.17) is 4.74 Å². The molecule has 2 N–H and O–H groups in total. The van der Waals surface area contributed by atoms with Crippen LogP contribution < -0.4 is 4.74 Å². The Bertz CT molecular complexity index is 1280. The molecule has 0 saturated carbocycles. The Balaban J connectivity index is 2.01. The maximum atomic E-state index is 12.0. The van der Waals surface area contributed by atoms with Crippen LogP contribution in [0.3, 0.4) is 0 Å².